The number of rotatable bonds is 0. The van der Waals surface area contributed by atoms with Crippen molar-refractivity contribution in [2.75, 3.05) is 13.2 Å². The maximum Gasteiger partial charge on any atom is 0.194 e. The molecule has 0 saturated carbocycles. The van der Waals surface area contributed by atoms with Crippen LogP contribution in [0.3, 0.4) is 0 Å². The smallest absolute Gasteiger partial charge is 0.194 e. The Labute approximate surface area is 146 Å². The largest absolute Gasteiger partial charge is 0.343 e. The van der Waals surface area contributed by atoms with Gasteiger partial charge in [0.15, 0.2) is 5.79 Å². The summed E-state index contributed by atoms with van der Waals surface area (Å²) >= 11 is 0. The second-order valence-corrected chi connectivity index (χ2v) is 9.21. The van der Waals surface area contributed by atoms with Gasteiger partial charge < -0.3 is 9.47 Å². The lowest BCUT2D eigenvalue weighted by molar-refractivity contribution is -0.201. The van der Waals surface area contributed by atoms with Crippen molar-refractivity contribution in [2.45, 2.75) is 58.7 Å². The Balaban J connectivity index is 1.58. The molecule has 2 heteroatoms. The molecule has 130 valence electrons. The Hall–Kier alpha value is -0.860. The third-order valence-electron chi connectivity index (χ3n) is 8.05. The Bertz CT molecular complexity index is 651. The molecule has 0 amide bonds. The molecule has 0 aromatic rings. The van der Waals surface area contributed by atoms with Gasteiger partial charge in [0.05, 0.1) is 13.2 Å². The molecule has 0 aromatic carbocycles. The predicted molar refractivity (Wildman–Crippen MR) is 95.4 cm³/mol. The molecule has 1 aliphatic heterocycles. The summed E-state index contributed by atoms with van der Waals surface area (Å²) in [7, 11) is 0. The van der Waals surface area contributed by atoms with Crippen LogP contribution in [-0.2, 0) is 9.47 Å². The standard InChI is InChI=1S/C22H30O2/c1-15-6-9-20(2)16(14-15)4-5-17-18(20)7-10-21(3)19(17)8-11-22(21)23-12-13-24-22/h6,8-9,11,15-16,19H,4-5,7,10,12-14H2,1-3H3. The van der Waals surface area contributed by atoms with E-state index < -0.39 is 5.79 Å². The molecule has 0 aromatic heterocycles. The zero-order valence-corrected chi connectivity index (χ0v) is 15.3. The minimum atomic E-state index is -0.454. The van der Waals surface area contributed by atoms with Crippen molar-refractivity contribution in [3.05, 3.63) is 35.5 Å². The quantitative estimate of drug-likeness (QED) is 0.582. The van der Waals surface area contributed by atoms with E-state index in [9.17, 15) is 0 Å². The van der Waals surface area contributed by atoms with E-state index in [0.717, 1.165) is 25.0 Å². The molecule has 1 heterocycles. The van der Waals surface area contributed by atoms with Crippen molar-refractivity contribution in [2.24, 2.45) is 28.6 Å². The van der Waals surface area contributed by atoms with E-state index in [-0.39, 0.29) is 5.41 Å². The summed E-state index contributed by atoms with van der Waals surface area (Å²) in [5, 5.41) is 0. The molecule has 1 saturated heterocycles. The fourth-order valence-electron chi connectivity index (χ4n) is 6.55. The molecular formula is C22H30O2. The summed E-state index contributed by atoms with van der Waals surface area (Å²) in [6, 6.07) is 0. The van der Waals surface area contributed by atoms with Crippen LogP contribution in [0.4, 0.5) is 0 Å². The van der Waals surface area contributed by atoms with Crippen LogP contribution in [0.15, 0.2) is 35.5 Å². The maximum absolute atomic E-state index is 6.15. The lowest BCUT2D eigenvalue weighted by Crippen LogP contribution is -2.50. The summed E-state index contributed by atoms with van der Waals surface area (Å²) in [5.41, 5.74) is 3.84. The Kier molecular flexibility index (Phi) is 3.12. The number of fused-ring (bicyclic) bond motifs is 5. The van der Waals surface area contributed by atoms with Crippen molar-refractivity contribution in [1.82, 2.24) is 0 Å². The van der Waals surface area contributed by atoms with Crippen molar-refractivity contribution in [3.63, 3.8) is 0 Å². The van der Waals surface area contributed by atoms with Crippen LogP contribution < -0.4 is 0 Å². The number of ether oxygens (including phenoxy) is 2. The van der Waals surface area contributed by atoms with Crippen molar-refractivity contribution >= 4 is 0 Å². The van der Waals surface area contributed by atoms with Crippen LogP contribution in [0.5, 0.6) is 0 Å². The summed E-state index contributed by atoms with van der Waals surface area (Å²) in [5.74, 6) is 1.63. The van der Waals surface area contributed by atoms with E-state index in [1.807, 2.05) is 0 Å². The van der Waals surface area contributed by atoms with Crippen LogP contribution in [0.25, 0.3) is 0 Å². The number of allylic oxidation sites excluding steroid dienone is 5. The molecular weight excluding hydrogens is 296 g/mol. The number of hydrogen-bond acceptors (Lipinski definition) is 2. The monoisotopic (exact) mass is 326 g/mol. The highest BCUT2D eigenvalue weighted by molar-refractivity contribution is 5.42. The molecule has 1 fully saturated rings. The van der Waals surface area contributed by atoms with Gasteiger partial charge in [-0.05, 0) is 50.0 Å². The van der Waals surface area contributed by atoms with Gasteiger partial charge in [0.25, 0.3) is 0 Å². The molecule has 1 spiro atoms. The van der Waals surface area contributed by atoms with Crippen molar-refractivity contribution < 1.29 is 9.47 Å². The topological polar surface area (TPSA) is 18.5 Å². The van der Waals surface area contributed by atoms with Gasteiger partial charge in [0.2, 0.25) is 0 Å². The van der Waals surface area contributed by atoms with Gasteiger partial charge in [-0.25, -0.2) is 0 Å². The number of hydrogen-bond donors (Lipinski definition) is 0. The van der Waals surface area contributed by atoms with E-state index in [2.05, 4.69) is 45.1 Å². The molecule has 5 atom stereocenters. The minimum Gasteiger partial charge on any atom is -0.343 e. The average Bonchev–Trinajstić information content (AvgIpc) is 3.15. The molecule has 0 N–H and O–H groups in total. The van der Waals surface area contributed by atoms with Crippen LogP contribution in [-0.4, -0.2) is 19.0 Å². The van der Waals surface area contributed by atoms with Crippen molar-refractivity contribution in [3.8, 4) is 0 Å². The summed E-state index contributed by atoms with van der Waals surface area (Å²) in [6.45, 7) is 8.75. The first-order valence-corrected chi connectivity index (χ1v) is 9.88. The highest BCUT2D eigenvalue weighted by atomic mass is 16.7. The zero-order chi connectivity index (χ0) is 16.6. The molecule has 0 bridgehead atoms. The van der Waals surface area contributed by atoms with Crippen LogP contribution in [0.1, 0.15) is 52.9 Å². The normalized spacial score (nSPS) is 48.5. The highest BCUT2D eigenvalue weighted by Crippen LogP contribution is 2.64. The molecule has 5 rings (SSSR count). The SMILES string of the molecule is CC1C=CC2(C)C3=C(CCC2C1)C1C=CC2(OCCO2)C1(C)CC3. The van der Waals surface area contributed by atoms with Gasteiger partial charge in [-0.3, -0.25) is 0 Å². The average molecular weight is 326 g/mol. The zero-order valence-electron chi connectivity index (χ0n) is 15.3. The molecule has 5 aliphatic rings. The summed E-state index contributed by atoms with van der Waals surface area (Å²) < 4.78 is 12.3. The Morgan fingerprint density at radius 2 is 1.83 bits per heavy atom. The lowest BCUT2D eigenvalue weighted by Gasteiger charge is -2.54. The molecule has 4 aliphatic carbocycles. The van der Waals surface area contributed by atoms with E-state index in [1.54, 1.807) is 11.1 Å². The maximum atomic E-state index is 6.15. The Morgan fingerprint density at radius 3 is 2.62 bits per heavy atom. The fourth-order valence-corrected chi connectivity index (χ4v) is 6.55. The summed E-state index contributed by atoms with van der Waals surface area (Å²) in [4.78, 5) is 0. The van der Waals surface area contributed by atoms with Crippen LogP contribution in [0.2, 0.25) is 0 Å². The van der Waals surface area contributed by atoms with Gasteiger partial charge in [-0.15, -0.1) is 0 Å². The van der Waals surface area contributed by atoms with Crippen molar-refractivity contribution in [1.29, 1.82) is 0 Å². The fraction of sp³-hybridized carbons (Fsp3) is 0.727. The van der Waals surface area contributed by atoms with E-state index in [0.29, 0.717) is 11.3 Å². The minimum absolute atomic E-state index is 0.0806. The first-order valence-electron chi connectivity index (χ1n) is 9.88. The van der Waals surface area contributed by atoms with Gasteiger partial charge in [0, 0.05) is 16.7 Å². The molecule has 24 heavy (non-hydrogen) atoms. The van der Waals surface area contributed by atoms with Gasteiger partial charge >= 0.3 is 0 Å². The second-order valence-electron chi connectivity index (χ2n) is 9.21. The second kappa shape index (κ2) is 4.86. The van der Waals surface area contributed by atoms with Crippen LogP contribution in [0, 0.1) is 28.6 Å². The Morgan fingerprint density at radius 1 is 1.04 bits per heavy atom. The molecule has 2 nitrogen and oxygen atoms in total. The first kappa shape index (κ1) is 15.4. The van der Waals surface area contributed by atoms with Gasteiger partial charge in [0.1, 0.15) is 0 Å². The van der Waals surface area contributed by atoms with E-state index in [4.69, 9.17) is 9.47 Å². The third kappa shape index (κ3) is 1.74. The molecule has 0 radical (unpaired) electrons. The third-order valence-corrected chi connectivity index (χ3v) is 8.05. The lowest BCUT2D eigenvalue weighted by atomic mass is 9.52. The summed E-state index contributed by atoms with van der Waals surface area (Å²) in [6.07, 6.45) is 16.1. The van der Waals surface area contributed by atoms with Gasteiger partial charge in [-0.1, -0.05) is 50.1 Å². The highest BCUT2D eigenvalue weighted by Gasteiger charge is 2.61. The molecule has 5 unspecified atom stereocenters. The van der Waals surface area contributed by atoms with Gasteiger partial charge in [-0.2, -0.15) is 0 Å². The van der Waals surface area contributed by atoms with E-state index >= 15 is 0 Å². The first-order chi connectivity index (χ1) is 11.5. The van der Waals surface area contributed by atoms with Crippen LogP contribution >= 0.6 is 0 Å². The van der Waals surface area contributed by atoms with E-state index in [1.165, 1.54) is 32.1 Å². The predicted octanol–water partition coefficient (Wildman–Crippen LogP) is 5.02.